The summed E-state index contributed by atoms with van der Waals surface area (Å²) in [7, 11) is -4.03. The highest BCUT2D eigenvalue weighted by molar-refractivity contribution is 7.89. The summed E-state index contributed by atoms with van der Waals surface area (Å²) < 4.78 is 67.8. The molecule has 4 rings (SSSR count). The molecule has 2 aliphatic heterocycles. The Morgan fingerprint density at radius 2 is 1.68 bits per heavy atom. The van der Waals surface area contributed by atoms with E-state index in [2.05, 4.69) is 4.74 Å². The molecule has 7 nitrogen and oxygen atoms in total. The summed E-state index contributed by atoms with van der Waals surface area (Å²) in [4.78, 5) is 13.8. The summed E-state index contributed by atoms with van der Waals surface area (Å²) in [6, 6.07) is 12.6. The summed E-state index contributed by atoms with van der Waals surface area (Å²) in [5.41, 5.74) is 0.852. The van der Waals surface area contributed by atoms with Gasteiger partial charge < -0.3 is 14.7 Å². The van der Waals surface area contributed by atoms with Crippen molar-refractivity contribution in [1.82, 2.24) is 9.21 Å². The van der Waals surface area contributed by atoms with Crippen LogP contribution in [0.2, 0.25) is 0 Å². The van der Waals surface area contributed by atoms with Crippen LogP contribution in [-0.4, -0.2) is 60.2 Å². The van der Waals surface area contributed by atoms with Gasteiger partial charge in [0.05, 0.1) is 10.9 Å². The Morgan fingerprint density at radius 1 is 1.03 bits per heavy atom. The maximum absolute atomic E-state index is 13.0. The minimum Gasteiger partial charge on any atom is -0.406 e. The third kappa shape index (κ3) is 4.25. The van der Waals surface area contributed by atoms with Crippen LogP contribution in [0.3, 0.4) is 0 Å². The fourth-order valence-electron chi connectivity index (χ4n) is 4.07. The van der Waals surface area contributed by atoms with Gasteiger partial charge in [0.15, 0.2) is 0 Å². The topological polar surface area (TPSA) is 87.2 Å². The van der Waals surface area contributed by atoms with Gasteiger partial charge in [0.25, 0.3) is 5.91 Å². The molecule has 0 bridgehead atoms. The molecule has 2 aromatic rings. The van der Waals surface area contributed by atoms with Gasteiger partial charge >= 0.3 is 6.36 Å². The number of rotatable bonds is 5. The average molecular weight is 456 g/mol. The molecule has 2 heterocycles. The second-order valence-electron chi connectivity index (χ2n) is 7.47. The summed E-state index contributed by atoms with van der Waals surface area (Å²) in [5.74, 6) is -1.55. The van der Waals surface area contributed by atoms with Crippen LogP contribution in [0.4, 0.5) is 13.2 Å². The molecule has 0 aliphatic carbocycles. The SMILES string of the molecule is O=C1[C@@H](O)[C@H]2CN(S(=O)(=O)c3ccc(OC(F)(F)F)cc3)C[C@H]2N1Cc1ccccc1. The molecule has 0 aromatic heterocycles. The van der Waals surface area contributed by atoms with Crippen molar-refractivity contribution in [3.05, 3.63) is 60.2 Å². The number of likely N-dealkylation sites (tertiary alicyclic amines) is 1. The predicted molar refractivity (Wildman–Crippen MR) is 102 cm³/mol. The quantitative estimate of drug-likeness (QED) is 0.744. The minimum atomic E-state index is -4.88. The molecule has 0 unspecified atom stereocenters. The number of aliphatic hydroxyl groups is 1. The maximum Gasteiger partial charge on any atom is 0.573 e. The van der Waals surface area contributed by atoms with Crippen LogP contribution < -0.4 is 4.74 Å². The van der Waals surface area contributed by atoms with Crippen molar-refractivity contribution >= 4 is 15.9 Å². The number of halogens is 3. The Balaban J connectivity index is 1.52. The molecule has 31 heavy (non-hydrogen) atoms. The molecular weight excluding hydrogens is 437 g/mol. The number of fused-ring (bicyclic) bond motifs is 1. The zero-order valence-corrected chi connectivity index (χ0v) is 16.9. The van der Waals surface area contributed by atoms with E-state index in [1.807, 2.05) is 30.3 Å². The number of carbonyl (C=O) groups is 1. The lowest BCUT2D eigenvalue weighted by molar-refractivity contribution is -0.274. The first-order chi connectivity index (χ1) is 14.6. The van der Waals surface area contributed by atoms with Crippen LogP contribution in [0, 0.1) is 5.92 Å². The van der Waals surface area contributed by atoms with E-state index in [1.165, 1.54) is 4.90 Å². The average Bonchev–Trinajstić information content (AvgIpc) is 3.24. The van der Waals surface area contributed by atoms with E-state index in [1.54, 1.807) is 0 Å². The number of hydrogen-bond acceptors (Lipinski definition) is 5. The third-order valence-electron chi connectivity index (χ3n) is 5.53. The van der Waals surface area contributed by atoms with Gasteiger partial charge in [-0.1, -0.05) is 30.3 Å². The van der Waals surface area contributed by atoms with E-state index in [9.17, 15) is 31.5 Å². The molecule has 1 N–H and O–H groups in total. The van der Waals surface area contributed by atoms with E-state index >= 15 is 0 Å². The van der Waals surface area contributed by atoms with Gasteiger partial charge in [-0.15, -0.1) is 13.2 Å². The Hall–Kier alpha value is -2.63. The molecule has 3 atom stereocenters. The van der Waals surface area contributed by atoms with E-state index in [-0.39, 0.29) is 24.5 Å². The normalized spacial score (nSPS) is 24.5. The first-order valence-electron chi connectivity index (χ1n) is 9.45. The fourth-order valence-corrected chi connectivity index (χ4v) is 5.56. The molecular formula is C20H19F3N2O5S. The number of benzene rings is 2. The summed E-state index contributed by atoms with van der Waals surface area (Å²) in [6.45, 7) is 0.171. The van der Waals surface area contributed by atoms with Crippen LogP contribution in [0.1, 0.15) is 5.56 Å². The number of sulfonamides is 1. The Morgan fingerprint density at radius 3 is 2.29 bits per heavy atom. The third-order valence-corrected chi connectivity index (χ3v) is 7.38. The van der Waals surface area contributed by atoms with Crippen LogP contribution in [0.25, 0.3) is 0 Å². The second-order valence-corrected chi connectivity index (χ2v) is 9.41. The number of alkyl halides is 3. The number of carbonyl (C=O) groups excluding carboxylic acids is 1. The highest BCUT2D eigenvalue weighted by Crippen LogP contribution is 2.36. The molecule has 11 heteroatoms. The van der Waals surface area contributed by atoms with Crippen molar-refractivity contribution in [2.75, 3.05) is 13.1 Å². The lowest BCUT2D eigenvalue weighted by Gasteiger charge is -2.25. The Kier molecular flexibility index (Phi) is 5.44. The molecule has 1 amide bonds. The van der Waals surface area contributed by atoms with Gasteiger partial charge in [-0.3, -0.25) is 4.79 Å². The minimum absolute atomic E-state index is 0.0105. The van der Waals surface area contributed by atoms with Gasteiger partial charge in [-0.25, -0.2) is 8.42 Å². The molecule has 166 valence electrons. The zero-order chi connectivity index (χ0) is 22.4. The Labute approximate surface area is 176 Å². The number of ether oxygens (including phenoxy) is 1. The molecule has 2 saturated heterocycles. The molecule has 0 saturated carbocycles. The molecule has 2 fully saturated rings. The number of amides is 1. The summed E-state index contributed by atoms with van der Waals surface area (Å²) in [5, 5.41) is 10.4. The number of aliphatic hydroxyl groups excluding tert-OH is 1. The second kappa shape index (κ2) is 7.81. The molecule has 0 radical (unpaired) electrons. The van der Waals surface area contributed by atoms with Crippen molar-refractivity contribution in [2.24, 2.45) is 5.92 Å². The van der Waals surface area contributed by atoms with Gasteiger partial charge in [0.2, 0.25) is 10.0 Å². The largest absolute Gasteiger partial charge is 0.573 e. The van der Waals surface area contributed by atoms with Crippen molar-refractivity contribution in [3.8, 4) is 5.75 Å². The van der Waals surface area contributed by atoms with Crippen LogP contribution >= 0.6 is 0 Å². The number of hydrogen-bond donors (Lipinski definition) is 1. The fraction of sp³-hybridized carbons (Fsp3) is 0.350. The van der Waals surface area contributed by atoms with E-state index in [4.69, 9.17) is 0 Å². The lowest BCUT2D eigenvalue weighted by atomic mass is 10.0. The smallest absolute Gasteiger partial charge is 0.406 e. The van der Waals surface area contributed by atoms with Crippen LogP contribution in [0.5, 0.6) is 5.75 Å². The lowest BCUT2D eigenvalue weighted by Crippen LogP contribution is -2.40. The monoisotopic (exact) mass is 456 g/mol. The first-order valence-corrected chi connectivity index (χ1v) is 10.9. The van der Waals surface area contributed by atoms with Crippen molar-refractivity contribution in [3.63, 3.8) is 0 Å². The van der Waals surface area contributed by atoms with E-state index < -0.39 is 46.1 Å². The summed E-state index contributed by atoms with van der Waals surface area (Å²) in [6.07, 6.45) is -6.19. The standard InChI is InChI=1S/C20H19F3N2O5S/c21-20(22,23)30-14-6-8-15(9-7-14)31(28,29)24-11-16-17(12-24)25(19(27)18(16)26)10-13-4-2-1-3-5-13/h1-9,16-18,26H,10-12H2/t16-,17+,18-/m0/s1. The van der Waals surface area contributed by atoms with Gasteiger partial charge in [-0.05, 0) is 29.8 Å². The predicted octanol–water partition coefficient (Wildman–Crippen LogP) is 1.98. The first kappa shape index (κ1) is 21.6. The number of nitrogens with zero attached hydrogens (tertiary/aromatic N) is 2. The van der Waals surface area contributed by atoms with Crippen molar-refractivity contribution in [1.29, 1.82) is 0 Å². The van der Waals surface area contributed by atoms with Crippen LogP contribution in [-0.2, 0) is 21.4 Å². The van der Waals surface area contributed by atoms with E-state index in [0.717, 1.165) is 34.1 Å². The highest BCUT2D eigenvalue weighted by atomic mass is 32.2. The maximum atomic E-state index is 13.0. The molecule has 0 spiro atoms. The van der Waals surface area contributed by atoms with Gasteiger partial charge in [0.1, 0.15) is 11.9 Å². The van der Waals surface area contributed by atoms with Crippen molar-refractivity contribution in [2.45, 2.75) is 29.9 Å². The molecule has 2 aromatic carbocycles. The van der Waals surface area contributed by atoms with Crippen molar-refractivity contribution < 1.29 is 36.2 Å². The van der Waals surface area contributed by atoms with Gasteiger partial charge in [-0.2, -0.15) is 4.31 Å². The van der Waals surface area contributed by atoms with E-state index in [0.29, 0.717) is 0 Å². The summed E-state index contributed by atoms with van der Waals surface area (Å²) >= 11 is 0. The zero-order valence-electron chi connectivity index (χ0n) is 16.1. The Bertz CT molecular complexity index is 1060. The highest BCUT2D eigenvalue weighted by Gasteiger charge is 2.54. The molecule has 2 aliphatic rings. The van der Waals surface area contributed by atoms with Gasteiger partial charge in [0, 0.05) is 25.6 Å². The van der Waals surface area contributed by atoms with Crippen LogP contribution in [0.15, 0.2) is 59.5 Å².